The minimum atomic E-state index is -0.321. The summed E-state index contributed by atoms with van der Waals surface area (Å²) in [5.41, 5.74) is 7.08. The number of furan rings is 1. The molecule has 2 unspecified atom stereocenters. The van der Waals surface area contributed by atoms with Gasteiger partial charge in [0, 0.05) is 30.7 Å². The van der Waals surface area contributed by atoms with Crippen molar-refractivity contribution in [3.8, 4) is 5.82 Å². The summed E-state index contributed by atoms with van der Waals surface area (Å²) in [4.78, 5) is 20.9. The number of hydrogen-bond donors (Lipinski definition) is 3. The highest BCUT2D eigenvalue weighted by Gasteiger charge is 2.31. The van der Waals surface area contributed by atoms with Crippen LogP contribution in [0.2, 0.25) is 0 Å². The number of aryl methyl sites for hydroxylation is 1. The van der Waals surface area contributed by atoms with E-state index in [0.29, 0.717) is 13.0 Å². The minimum absolute atomic E-state index is 0.0145. The third-order valence-electron chi connectivity index (χ3n) is 4.39. The highest BCUT2D eigenvalue weighted by molar-refractivity contribution is 5.82. The van der Waals surface area contributed by atoms with Crippen LogP contribution in [0.3, 0.4) is 0 Å². The zero-order valence-corrected chi connectivity index (χ0v) is 14.3. The van der Waals surface area contributed by atoms with Gasteiger partial charge >= 0.3 is 0 Å². The quantitative estimate of drug-likeness (QED) is 0.642. The first kappa shape index (κ1) is 16.5. The van der Waals surface area contributed by atoms with Crippen molar-refractivity contribution in [1.29, 1.82) is 0 Å². The van der Waals surface area contributed by atoms with E-state index in [1.807, 2.05) is 42.0 Å². The number of aromatic nitrogens is 3. The van der Waals surface area contributed by atoms with Crippen molar-refractivity contribution in [3.05, 3.63) is 66.3 Å². The molecule has 1 saturated heterocycles. The number of amides is 1. The number of imidazole rings is 1. The van der Waals surface area contributed by atoms with Gasteiger partial charge in [-0.05, 0) is 31.5 Å². The number of carbonyl (C=O) groups excluding carboxylic acids is 1. The third-order valence-corrected chi connectivity index (χ3v) is 4.39. The molecular formula is C18H20N6O2. The molecule has 0 aliphatic carbocycles. The van der Waals surface area contributed by atoms with Crippen LogP contribution in [0.5, 0.6) is 0 Å². The third kappa shape index (κ3) is 3.37. The van der Waals surface area contributed by atoms with E-state index in [4.69, 9.17) is 4.42 Å². The number of hydrogen-bond acceptors (Lipinski definition) is 6. The van der Waals surface area contributed by atoms with E-state index >= 15 is 0 Å². The summed E-state index contributed by atoms with van der Waals surface area (Å²) in [5.74, 6) is 2.38. The summed E-state index contributed by atoms with van der Waals surface area (Å²) in [6, 6.07) is 7.31. The Morgan fingerprint density at radius 3 is 3.04 bits per heavy atom. The van der Waals surface area contributed by atoms with Gasteiger partial charge in [0.1, 0.15) is 29.7 Å². The number of pyridine rings is 1. The van der Waals surface area contributed by atoms with Gasteiger partial charge in [-0.25, -0.2) is 20.8 Å². The van der Waals surface area contributed by atoms with Crippen LogP contribution < -0.4 is 16.2 Å². The van der Waals surface area contributed by atoms with Crippen molar-refractivity contribution in [1.82, 2.24) is 30.7 Å². The van der Waals surface area contributed by atoms with Gasteiger partial charge in [0.05, 0.1) is 6.04 Å². The van der Waals surface area contributed by atoms with Crippen LogP contribution in [-0.4, -0.2) is 26.5 Å². The number of carbonyl (C=O) groups is 1. The number of nitrogens with zero attached hydrogens (tertiary/aromatic N) is 3. The molecule has 0 radical (unpaired) electrons. The molecule has 3 N–H and O–H groups in total. The van der Waals surface area contributed by atoms with E-state index in [9.17, 15) is 4.79 Å². The Morgan fingerprint density at radius 2 is 2.27 bits per heavy atom. The second-order valence-electron chi connectivity index (χ2n) is 6.25. The lowest BCUT2D eigenvalue weighted by Crippen LogP contribution is -2.43. The molecule has 26 heavy (non-hydrogen) atoms. The standard InChI is InChI=1S/C18H20N6O2/c1-12-4-5-16(26-12)14-9-15(23-22-14)18(25)21-10-13-3-2-6-20-17(13)24-8-7-19-11-24/h2-8,11,14-15,22-23H,9-10H2,1H3,(H,21,25). The van der Waals surface area contributed by atoms with Gasteiger partial charge in [0.15, 0.2) is 0 Å². The van der Waals surface area contributed by atoms with Gasteiger partial charge in [-0.2, -0.15) is 0 Å². The van der Waals surface area contributed by atoms with E-state index in [1.54, 1.807) is 18.7 Å². The average molecular weight is 352 g/mol. The molecule has 1 amide bonds. The van der Waals surface area contributed by atoms with Crippen LogP contribution in [0.4, 0.5) is 0 Å². The van der Waals surface area contributed by atoms with E-state index in [1.165, 1.54) is 0 Å². The zero-order chi connectivity index (χ0) is 17.9. The van der Waals surface area contributed by atoms with Crippen molar-refractivity contribution in [2.45, 2.75) is 32.0 Å². The van der Waals surface area contributed by atoms with Gasteiger partial charge in [-0.15, -0.1) is 0 Å². The lowest BCUT2D eigenvalue weighted by molar-refractivity contribution is -0.123. The highest BCUT2D eigenvalue weighted by atomic mass is 16.3. The molecule has 8 nitrogen and oxygen atoms in total. The van der Waals surface area contributed by atoms with E-state index < -0.39 is 0 Å². The van der Waals surface area contributed by atoms with Crippen molar-refractivity contribution >= 4 is 5.91 Å². The summed E-state index contributed by atoms with van der Waals surface area (Å²) < 4.78 is 7.46. The second-order valence-corrected chi connectivity index (χ2v) is 6.25. The molecule has 3 aromatic heterocycles. The maximum absolute atomic E-state index is 12.5. The molecule has 1 fully saturated rings. The maximum Gasteiger partial charge on any atom is 0.238 e. The Labute approximate surface area is 150 Å². The predicted octanol–water partition coefficient (Wildman–Crippen LogP) is 1.39. The number of rotatable bonds is 5. The zero-order valence-electron chi connectivity index (χ0n) is 14.3. The van der Waals surface area contributed by atoms with E-state index in [0.717, 1.165) is 22.9 Å². The Kier molecular flexibility index (Phi) is 4.51. The monoisotopic (exact) mass is 352 g/mol. The summed E-state index contributed by atoms with van der Waals surface area (Å²) >= 11 is 0. The Hall–Kier alpha value is -2.97. The van der Waals surface area contributed by atoms with Crippen LogP contribution in [0.15, 0.2) is 53.6 Å². The summed E-state index contributed by atoms with van der Waals surface area (Å²) in [5, 5.41) is 2.97. The van der Waals surface area contributed by atoms with Crippen LogP contribution in [0, 0.1) is 6.92 Å². The van der Waals surface area contributed by atoms with Gasteiger partial charge in [-0.3, -0.25) is 9.36 Å². The molecule has 4 rings (SSSR count). The molecule has 1 aliphatic rings. The minimum Gasteiger partial charge on any atom is -0.465 e. The second kappa shape index (κ2) is 7.11. The summed E-state index contributed by atoms with van der Waals surface area (Å²) in [6.45, 7) is 2.30. The van der Waals surface area contributed by atoms with Crippen LogP contribution >= 0.6 is 0 Å². The molecule has 4 heterocycles. The fraction of sp³-hybridized carbons (Fsp3) is 0.278. The van der Waals surface area contributed by atoms with Crippen molar-refractivity contribution in [2.24, 2.45) is 0 Å². The van der Waals surface area contributed by atoms with Crippen molar-refractivity contribution in [2.75, 3.05) is 0 Å². The van der Waals surface area contributed by atoms with Gasteiger partial charge < -0.3 is 9.73 Å². The first-order valence-corrected chi connectivity index (χ1v) is 8.48. The largest absolute Gasteiger partial charge is 0.465 e. The molecule has 0 bridgehead atoms. The smallest absolute Gasteiger partial charge is 0.238 e. The molecule has 0 aromatic carbocycles. The Bertz CT molecular complexity index is 889. The molecule has 3 aromatic rings. The summed E-state index contributed by atoms with van der Waals surface area (Å²) in [7, 11) is 0. The SMILES string of the molecule is Cc1ccc(C2CC(C(=O)NCc3cccnc3-n3ccnc3)NN2)o1. The van der Waals surface area contributed by atoms with Crippen LogP contribution in [-0.2, 0) is 11.3 Å². The highest BCUT2D eigenvalue weighted by Crippen LogP contribution is 2.24. The van der Waals surface area contributed by atoms with Gasteiger partial charge in [0.25, 0.3) is 0 Å². The maximum atomic E-state index is 12.5. The number of nitrogens with one attached hydrogen (secondary N) is 3. The topological polar surface area (TPSA) is 97.0 Å². The van der Waals surface area contributed by atoms with Crippen molar-refractivity contribution < 1.29 is 9.21 Å². The normalized spacial score (nSPS) is 19.6. The van der Waals surface area contributed by atoms with Crippen molar-refractivity contribution in [3.63, 3.8) is 0 Å². The Balaban J connectivity index is 1.38. The first-order valence-electron chi connectivity index (χ1n) is 8.48. The predicted molar refractivity (Wildman–Crippen MR) is 94.1 cm³/mol. The van der Waals surface area contributed by atoms with Gasteiger partial charge in [0.2, 0.25) is 5.91 Å². The first-order chi connectivity index (χ1) is 12.7. The molecule has 8 heteroatoms. The lowest BCUT2D eigenvalue weighted by atomic mass is 10.1. The fourth-order valence-corrected chi connectivity index (χ4v) is 3.05. The van der Waals surface area contributed by atoms with Crippen LogP contribution in [0.1, 0.15) is 29.5 Å². The molecule has 0 spiro atoms. The average Bonchev–Trinajstić information content (AvgIpc) is 3.40. The summed E-state index contributed by atoms with van der Waals surface area (Å²) in [6.07, 6.45) is 7.55. The lowest BCUT2D eigenvalue weighted by Gasteiger charge is -2.13. The van der Waals surface area contributed by atoms with Gasteiger partial charge in [-0.1, -0.05) is 6.07 Å². The molecule has 1 aliphatic heterocycles. The molecule has 2 atom stereocenters. The van der Waals surface area contributed by atoms with E-state index in [-0.39, 0.29) is 18.0 Å². The molecule has 0 saturated carbocycles. The molecular weight excluding hydrogens is 332 g/mol. The number of hydrazine groups is 1. The van der Waals surface area contributed by atoms with Crippen LogP contribution in [0.25, 0.3) is 5.82 Å². The molecule has 134 valence electrons. The Morgan fingerprint density at radius 1 is 1.35 bits per heavy atom. The van der Waals surface area contributed by atoms with E-state index in [2.05, 4.69) is 26.1 Å². The fourth-order valence-electron chi connectivity index (χ4n) is 3.05.